The lowest BCUT2D eigenvalue weighted by Crippen LogP contribution is -2.35. The van der Waals surface area contributed by atoms with Gasteiger partial charge in [0.2, 0.25) is 0 Å². The monoisotopic (exact) mass is 460 g/mol. The van der Waals surface area contributed by atoms with Gasteiger partial charge in [-0.15, -0.1) is 0 Å². The maximum atomic E-state index is 10.5. The largest absolute Gasteiger partial charge is 0.508 e. The van der Waals surface area contributed by atoms with E-state index in [9.17, 15) is 9.90 Å². The highest BCUT2D eigenvalue weighted by atomic mass is 16.5. The van der Waals surface area contributed by atoms with E-state index in [-0.39, 0.29) is 12.5 Å². The average Bonchev–Trinajstić information content (AvgIpc) is 2.86. The molecule has 1 aromatic carbocycles. The van der Waals surface area contributed by atoms with Crippen LogP contribution in [-0.4, -0.2) is 42.1 Å². The number of hydrogen-bond acceptors (Lipinski definition) is 4. The van der Waals surface area contributed by atoms with Crippen LogP contribution < -0.4 is 0 Å². The Kier molecular flexibility index (Phi) is 11.0. The Morgan fingerprint density at radius 2 is 1.76 bits per heavy atom. The number of carbonyl (C=O) groups is 1. The third-order valence-corrected chi connectivity index (χ3v) is 7.71. The van der Waals surface area contributed by atoms with Gasteiger partial charge in [0.05, 0.1) is 19.3 Å². The van der Waals surface area contributed by atoms with Crippen LogP contribution >= 0.6 is 0 Å². The smallest absolute Gasteiger partial charge is 0.303 e. The number of rotatable bonds is 12. The molecule has 5 heteroatoms. The van der Waals surface area contributed by atoms with Crippen LogP contribution in [0, 0.1) is 11.8 Å². The molecule has 0 amide bonds. The van der Waals surface area contributed by atoms with Crippen LogP contribution in [0.3, 0.4) is 0 Å². The van der Waals surface area contributed by atoms with Gasteiger partial charge in [0.15, 0.2) is 0 Å². The SMILES string of the molecule is C[C@H]1CCCCC[C@H](OCCOCCCCCCCC(=O)O)[C@@H]2c3ccc(O)cc3CC[C@H]21. The van der Waals surface area contributed by atoms with Gasteiger partial charge in [-0.2, -0.15) is 0 Å². The fourth-order valence-electron chi connectivity index (χ4n) is 5.92. The molecule has 2 aliphatic carbocycles. The molecule has 1 saturated carbocycles. The first-order chi connectivity index (χ1) is 16.1. The van der Waals surface area contributed by atoms with Crippen molar-refractivity contribution in [3.05, 3.63) is 29.3 Å². The molecule has 0 spiro atoms. The zero-order chi connectivity index (χ0) is 23.5. The van der Waals surface area contributed by atoms with Crippen LogP contribution in [0.15, 0.2) is 18.2 Å². The summed E-state index contributed by atoms with van der Waals surface area (Å²) in [5.74, 6) is 1.43. The Balaban J connectivity index is 1.46. The van der Waals surface area contributed by atoms with Gasteiger partial charge in [0, 0.05) is 18.9 Å². The lowest BCUT2D eigenvalue weighted by atomic mass is 9.67. The molecule has 3 rings (SSSR count). The summed E-state index contributed by atoms with van der Waals surface area (Å²) in [6.07, 6.45) is 13.9. The predicted molar refractivity (Wildman–Crippen MR) is 131 cm³/mol. The summed E-state index contributed by atoms with van der Waals surface area (Å²) in [6.45, 7) is 4.44. The number of phenolic OH excluding ortho intramolecular Hbond substituents is 1. The van der Waals surface area contributed by atoms with Crippen molar-refractivity contribution in [2.24, 2.45) is 11.8 Å². The number of aromatic hydroxyl groups is 1. The molecular formula is C28H44O5. The molecule has 0 aromatic heterocycles. The Morgan fingerprint density at radius 3 is 2.61 bits per heavy atom. The van der Waals surface area contributed by atoms with Gasteiger partial charge in [-0.1, -0.05) is 57.9 Å². The van der Waals surface area contributed by atoms with Gasteiger partial charge in [-0.05, 0) is 67.2 Å². The summed E-state index contributed by atoms with van der Waals surface area (Å²) in [5, 5.41) is 18.7. The molecule has 5 nitrogen and oxygen atoms in total. The topological polar surface area (TPSA) is 76.0 Å². The van der Waals surface area contributed by atoms with E-state index in [1.165, 1.54) is 43.2 Å². The summed E-state index contributed by atoms with van der Waals surface area (Å²) < 4.78 is 12.4. The van der Waals surface area contributed by atoms with Gasteiger partial charge in [0.25, 0.3) is 0 Å². The quantitative estimate of drug-likeness (QED) is 0.350. The number of unbranched alkanes of at least 4 members (excludes halogenated alkanes) is 4. The van der Waals surface area contributed by atoms with Crippen molar-refractivity contribution in [3.8, 4) is 5.75 Å². The van der Waals surface area contributed by atoms with Gasteiger partial charge in [0.1, 0.15) is 5.75 Å². The molecule has 0 saturated heterocycles. The molecular weight excluding hydrogens is 416 g/mol. The minimum atomic E-state index is -0.700. The standard InChI is InChI=1S/C28H44O5/c1-21-10-6-5-7-11-26(28-24(21)15-13-22-20-23(29)14-16-25(22)28)33-19-18-32-17-9-4-2-3-8-12-27(30)31/h14,16,20-21,24,26,28-29H,2-13,15,17-19H2,1H3,(H,30,31)/t21-,24-,26-,28-/m0/s1. The summed E-state index contributed by atoms with van der Waals surface area (Å²) in [7, 11) is 0. The number of carboxylic acid groups (broad SMARTS) is 1. The lowest BCUT2D eigenvalue weighted by Gasteiger charge is -2.41. The van der Waals surface area contributed by atoms with Crippen LogP contribution in [0.1, 0.15) is 101 Å². The Bertz CT molecular complexity index is 718. The summed E-state index contributed by atoms with van der Waals surface area (Å²) in [5.41, 5.74) is 2.70. The zero-order valence-corrected chi connectivity index (χ0v) is 20.5. The highest BCUT2D eigenvalue weighted by Gasteiger charge is 2.38. The Morgan fingerprint density at radius 1 is 0.970 bits per heavy atom. The van der Waals surface area contributed by atoms with E-state index < -0.39 is 5.97 Å². The Hall–Kier alpha value is -1.59. The van der Waals surface area contributed by atoms with Crippen LogP contribution in [0.25, 0.3) is 0 Å². The van der Waals surface area contributed by atoms with Crippen molar-refractivity contribution in [1.29, 1.82) is 0 Å². The van der Waals surface area contributed by atoms with E-state index in [2.05, 4.69) is 13.0 Å². The second-order valence-corrected chi connectivity index (χ2v) is 10.2. The van der Waals surface area contributed by atoms with E-state index in [1.807, 2.05) is 12.1 Å². The molecule has 1 fully saturated rings. The first-order valence-corrected chi connectivity index (χ1v) is 13.3. The van der Waals surface area contributed by atoms with E-state index in [1.54, 1.807) is 0 Å². The molecule has 2 N–H and O–H groups in total. The summed E-state index contributed by atoms with van der Waals surface area (Å²) in [4.78, 5) is 10.5. The molecule has 33 heavy (non-hydrogen) atoms. The molecule has 1 aromatic rings. The van der Waals surface area contributed by atoms with E-state index in [0.717, 1.165) is 51.6 Å². The maximum absolute atomic E-state index is 10.5. The van der Waals surface area contributed by atoms with E-state index in [0.29, 0.717) is 36.7 Å². The van der Waals surface area contributed by atoms with Crippen molar-refractivity contribution >= 4 is 5.97 Å². The minimum Gasteiger partial charge on any atom is -0.508 e. The second-order valence-electron chi connectivity index (χ2n) is 10.2. The summed E-state index contributed by atoms with van der Waals surface area (Å²) >= 11 is 0. The van der Waals surface area contributed by atoms with Crippen LogP contribution in [0.2, 0.25) is 0 Å². The number of benzene rings is 1. The molecule has 0 aliphatic heterocycles. The molecule has 0 radical (unpaired) electrons. The van der Waals surface area contributed by atoms with Crippen LogP contribution in [0.5, 0.6) is 5.75 Å². The minimum absolute atomic E-state index is 0.219. The number of aliphatic carboxylic acids is 1. The molecule has 186 valence electrons. The molecule has 0 bridgehead atoms. The van der Waals surface area contributed by atoms with Crippen molar-refractivity contribution in [1.82, 2.24) is 0 Å². The van der Waals surface area contributed by atoms with Crippen molar-refractivity contribution in [2.45, 2.75) is 102 Å². The number of hydrogen-bond donors (Lipinski definition) is 2. The zero-order valence-electron chi connectivity index (χ0n) is 20.5. The first kappa shape index (κ1) is 26.0. The normalized spacial score (nSPS) is 25.4. The molecule has 0 heterocycles. The third kappa shape index (κ3) is 8.29. The van der Waals surface area contributed by atoms with Crippen molar-refractivity contribution < 1.29 is 24.5 Å². The summed E-state index contributed by atoms with van der Waals surface area (Å²) in [6, 6.07) is 5.96. The van der Waals surface area contributed by atoms with E-state index >= 15 is 0 Å². The average molecular weight is 461 g/mol. The van der Waals surface area contributed by atoms with Gasteiger partial charge >= 0.3 is 5.97 Å². The fraction of sp³-hybridized carbons (Fsp3) is 0.750. The molecule has 2 aliphatic rings. The number of carboxylic acids is 1. The third-order valence-electron chi connectivity index (χ3n) is 7.71. The number of phenols is 1. The second kappa shape index (κ2) is 14.0. The number of fused-ring (bicyclic) bond motifs is 3. The van der Waals surface area contributed by atoms with Gasteiger partial charge in [-0.25, -0.2) is 0 Å². The van der Waals surface area contributed by atoms with Crippen molar-refractivity contribution in [2.75, 3.05) is 19.8 Å². The van der Waals surface area contributed by atoms with Gasteiger partial charge < -0.3 is 19.7 Å². The highest BCUT2D eigenvalue weighted by Crippen LogP contribution is 2.46. The molecule has 4 atom stereocenters. The van der Waals surface area contributed by atoms with E-state index in [4.69, 9.17) is 14.6 Å². The Labute approximate surface area is 199 Å². The predicted octanol–water partition coefficient (Wildman–Crippen LogP) is 6.47. The highest BCUT2D eigenvalue weighted by molar-refractivity contribution is 5.66. The number of ether oxygens (including phenoxy) is 2. The van der Waals surface area contributed by atoms with Crippen molar-refractivity contribution in [3.63, 3.8) is 0 Å². The maximum Gasteiger partial charge on any atom is 0.303 e. The van der Waals surface area contributed by atoms with Crippen LogP contribution in [-0.2, 0) is 20.7 Å². The lowest BCUT2D eigenvalue weighted by molar-refractivity contribution is -0.137. The fourth-order valence-corrected chi connectivity index (χ4v) is 5.92. The number of aryl methyl sites for hydroxylation is 1. The first-order valence-electron chi connectivity index (χ1n) is 13.3. The van der Waals surface area contributed by atoms with Crippen LogP contribution in [0.4, 0.5) is 0 Å². The van der Waals surface area contributed by atoms with Gasteiger partial charge in [-0.3, -0.25) is 4.79 Å². The molecule has 0 unspecified atom stereocenters.